The van der Waals surface area contributed by atoms with Gasteiger partial charge < -0.3 is 10.2 Å². The number of carbonyl (C=O) groups is 2. The van der Waals surface area contributed by atoms with E-state index in [4.69, 9.17) is 11.6 Å². The molecule has 0 aromatic heterocycles. The number of aryl methyl sites for hydroxylation is 1. The third-order valence-corrected chi connectivity index (χ3v) is 10.2. The molecule has 1 N–H and O–H groups in total. The monoisotopic (exact) mass is 661 g/mol. The fourth-order valence-corrected chi connectivity index (χ4v) is 7.30. The van der Waals surface area contributed by atoms with Gasteiger partial charge in [0.05, 0.1) is 10.6 Å². The average molecular weight is 662 g/mol. The second-order valence-corrected chi connectivity index (χ2v) is 13.9. The maximum atomic E-state index is 14.5. The summed E-state index contributed by atoms with van der Waals surface area (Å²) in [6.45, 7) is 1.22. The van der Waals surface area contributed by atoms with Crippen molar-refractivity contribution in [3.8, 4) is 0 Å². The summed E-state index contributed by atoms with van der Waals surface area (Å²) in [6.07, 6.45) is 3.93. The van der Waals surface area contributed by atoms with Gasteiger partial charge in [0.1, 0.15) is 18.4 Å². The van der Waals surface area contributed by atoms with Gasteiger partial charge in [0.2, 0.25) is 11.8 Å². The van der Waals surface area contributed by atoms with E-state index in [-0.39, 0.29) is 35.5 Å². The van der Waals surface area contributed by atoms with E-state index in [0.29, 0.717) is 10.6 Å². The highest BCUT2D eigenvalue weighted by Gasteiger charge is 2.35. The van der Waals surface area contributed by atoms with Crippen LogP contribution in [-0.2, 0) is 32.6 Å². The van der Waals surface area contributed by atoms with Crippen molar-refractivity contribution < 1.29 is 22.4 Å². The van der Waals surface area contributed by atoms with Crippen LogP contribution in [0.3, 0.4) is 0 Å². The molecule has 4 aromatic rings. The maximum absolute atomic E-state index is 14.5. The molecule has 0 aliphatic heterocycles. The lowest BCUT2D eigenvalue weighted by molar-refractivity contribution is -0.140. The van der Waals surface area contributed by atoms with Gasteiger partial charge >= 0.3 is 0 Å². The summed E-state index contributed by atoms with van der Waals surface area (Å²) in [4.78, 5) is 30.0. The lowest BCUT2D eigenvalue weighted by Crippen LogP contribution is -2.54. The Labute approximate surface area is 275 Å². The predicted octanol–water partition coefficient (Wildman–Crippen LogP) is 6.68. The van der Waals surface area contributed by atoms with Gasteiger partial charge in [0.25, 0.3) is 10.0 Å². The maximum Gasteiger partial charge on any atom is 0.264 e. The van der Waals surface area contributed by atoms with Crippen molar-refractivity contribution in [3.63, 3.8) is 0 Å². The van der Waals surface area contributed by atoms with Gasteiger partial charge in [-0.1, -0.05) is 90.7 Å². The zero-order valence-electron chi connectivity index (χ0n) is 25.6. The Hall–Kier alpha value is -4.21. The summed E-state index contributed by atoms with van der Waals surface area (Å²) in [6, 6.07) is 26.8. The molecule has 2 amide bonds. The van der Waals surface area contributed by atoms with Gasteiger partial charge in [0.15, 0.2) is 0 Å². The van der Waals surface area contributed by atoms with E-state index >= 15 is 0 Å². The number of hydrogen-bond donors (Lipinski definition) is 1. The highest BCUT2D eigenvalue weighted by molar-refractivity contribution is 7.92. The molecule has 1 saturated carbocycles. The summed E-state index contributed by atoms with van der Waals surface area (Å²) in [5, 5.41) is 3.44. The molecule has 0 unspecified atom stereocenters. The van der Waals surface area contributed by atoms with E-state index in [1.807, 2.05) is 37.3 Å². The Morgan fingerprint density at radius 3 is 2.22 bits per heavy atom. The van der Waals surface area contributed by atoms with Crippen LogP contribution in [0, 0.1) is 12.7 Å². The van der Waals surface area contributed by atoms with Crippen LogP contribution in [0.15, 0.2) is 108 Å². The number of rotatable bonds is 12. The molecular formula is C36H37ClFN3O4S. The molecule has 5 rings (SSSR count). The van der Waals surface area contributed by atoms with Crippen LogP contribution in [0.2, 0.25) is 5.02 Å². The van der Waals surface area contributed by atoms with E-state index in [2.05, 4.69) is 5.32 Å². The first-order valence-corrected chi connectivity index (χ1v) is 17.1. The summed E-state index contributed by atoms with van der Waals surface area (Å²) < 4.78 is 43.1. The van der Waals surface area contributed by atoms with E-state index in [1.165, 1.54) is 35.2 Å². The van der Waals surface area contributed by atoms with Crippen LogP contribution in [0.1, 0.15) is 42.4 Å². The number of carbonyl (C=O) groups excluding carboxylic acids is 2. The Balaban J connectivity index is 1.56. The summed E-state index contributed by atoms with van der Waals surface area (Å²) in [7, 11) is -4.24. The molecule has 4 aromatic carbocycles. The standard InChI is InChI=1S/C36H37ClFN3O4S/c1-26-14-20-33(21-15-26)46(44,45)41(32-13-7-10-29(37)23-32)25-35(42)40(24-28-16-18-30(38)19-17-28)34(22-27-8-3-2-4-9-27)36(43)39-31-11-5-6-12-31/h2-4,7-10,13-21,23,31,34H,5-6,11-12,22,24-25H2,1H3,(H,39,43)/t34-/m1/s1. The van der Waals surface area contributed by atoms with Crippen molar-refractivity contribution in [1.29, 1.82) is 0 Å². The van der Waals surface area contributed by atoms with Crippen LogP contribution in [0.4, 0.5) is 10.1 Å². The van der Waals surface area contributed by atoms with Gasteiger partial charge in [-0.05, 0) is 73.4 Å². The number of amides is 2. The van der Waals surface area contributed by atoms with Crippen LogP contribution in [0.5, 0.6) is 0 Å². The molecule has 1 aliphatic carbocycles. The minimum atomic E-state index is -4.24. The Morgan fingerprint density at radius 2 is 1.57 bits per heavy atom. The molecule has 0 spiro atoms. The van der Waals surface area contributed by atoms with Crippen molar-refractivity contribution in [3.05, 3.63) is 131 Å². The van der Waals surface area contributed by atoms with E-state index in [9.17, 15) is 22.4 Å². The third-order valence-electron chi connectivity index (χ3n) is 8.22. The van der Waals surface area contributed by atoms with Crippen molar-refractivity contribution in [2.75, 3.05) is 10.8 Å². The van der Waals surface area contributed by atoms with Crippen LogP contribution in [0.25, 0.3) is 0 Å². The first-order valence-electron chi connectivity index (χ1n) is 15.3. The Morgan fingerprint density at radius 1 is 0.891 bits per heavy atom. The lowest BCUT2D eigenvalue weighted by atomic mass is 10.0. The molecule has 240 valence electrons. The molecule has 46 heavy (non-hydrogen) atoms. The highest BCUT2D eigenvalue weighted by Crippen LogP contribution is 2.28. The van der Waals surface area contributed by atoms with Crippen molar-refractivity contribution in [2.24, 2.45) is 0 Å². The zero-order valence-corrected chi connectivity index (χ0v) is 27.2. The van der Waals surface area contributed by atoms with Gasteiger partial charge in [-0.2, -0.15) is 0 Å². The molecule has 0 bridgehead atoms. The fourth-order valence-electron chi connectivity index (χ4n) is 5.71. The van der Waals surface area contributed by atoms with Gasteiger partial charge in [0, 0.05) is 24.0 Å². The SMILES string of the molecule is Cc1ccc(S(=O)(=O)N(CC(=O)N(Cc2ccc(F)cc2)[C@H](Cc2ccccc2)C(=O)NC2CCCC2)c2cccc(Cl)c2)cc1. The summed E-state index contributed by atoms with van der Waals surface area (Å²) in [5.74, 6) is -1.35. The number of hydrogen-bond acceptors (Lipinski definition) is 4. The molecular weight excluding hydrogens is 625 g/mol. The number of anilines is 1. The molecule has 7 nitrogen and oxygen atoms in total. The first kappa shape index (κ1) is 33.2. The summed E-state index contributed by atoms with van der Waals surface area (Å²) >= 11 is 6.29. The number of benzene rings is 4. The second-order valence-electron chi connectivity index (χ2n) is 11.6. The van der Waals surface area contributed by atoms with Gasteiger partial charge in [-0.15, -0.1) is 0 Å². The third kappa shape index (κ3) is 8.33. The average Bonchev–Trinajstić information content (AvgIpc) is 3.56. The molecule has 10 heteroatoms. The molecule has 1 aliphatic rings. The minimum absolute atomic E-state index is 0.00146. The van der Waals surface area contributed by atoms with Crippen LogP contribution in [-0.4, -0.2) is 43.8 Å². The smallest absolute Gasteiger partial charge is 0.264 e. The molecule has 0 heterocycles. The Bertz CT molecular complexity index is 1750. The van der Waals surface area contributed by atoms with Crippen molar-refractivity contribution in [1.82, 2.24) is 10.2 Å². The largest absolute Gasteiger partial charge is 0.352 e. The van der Waals surface area contributed by atoms with E-state index < -0.39 is 34.3 Å². The zero-order chi connectivity index (χ0) is 32.7. The number of sulfonamides is 1. The van der Waals surface area contributed by atoms with Crippen LogP contribution < -0.4 is 9.62 Å². The quantitative estimate of drug-likeness (QED) is 0.184. The Kier molecular flexibility index (Phi) is 10.8. The lowest BCUT2D eigenvalue weighted by Gasteiger charge is -2.34. The molecule has 1 fully saturated rings. The summed E-state index contributed by atoms with van der Waals surface area (Å²) in [5.41, 5.74) is 2.52. The van der Waals surface area contributed by atoms with Crippen LogP contribution >= 0.6 is 11.6 Å². The molecule has 0 radical (unpaired) electrons. The van der Waals surface area contributed by atoms with E-state index in [0.717, 1.165) is 41.1 Å². The fraction of sp³-hybridized carbons (Fsp3) is 0.278. The first-order chi connectivity index (χ1) is 22.1. The minimum Gasteiger partial charge on any atom is -0.352 e. The highest BCUT2D eigenvalue weighted by atomic mass is 35.5. The van der Waals surface area contributed by atoms with Crippen molar-refractivity contribution >= 4 is 39.1 Å². The number of nitrogens with one attached hydrogen (secondary N) is 1. The van der Waals surface area contributed by atoms with E-state index in [1.54, 1.807) is 42.5 Å². The van der Waals surface area contributed by atoms with Gasteiger partial charge in [-0.25, -0.2) is 12.8 Å². The number of nitrogens with zero attached hydrogens (tertiary/aromatic N) is 2. The van der Waals surface area contributed by atoms with Crippen molar-refractivity contribution in [2.45, 2.75) is 62.6 Å². The topological polar surface area (TPSA) is 86.8 Å². The molecule has 0 saturated heterocycles. The second kappa shape index (κ2) is 14.9. The van der Waals surface area contributed by atoms with Gasteiger partial charge in [-0.3, -0.25) is 13.9 Å². The number of halogens is 2. The normalized spacial score (nSPS) is 14.1. The molecule has 1 atom stereocenters. The predicted molar refractivity (Wildman–Crippen MR) is 178 cm³/mol.